The molecule has 72 valence electrons. The van der Waals surface area contributed by atoms with Crippen LogP contribution in [0.1, 0.15) is 31.3 Å². The Bertz CT molecular complexity index is 283. The molecule has 0 fully saturated rings. The molecule has 1 aromatic heterocycles. The zero-order chi connectivity index (χ0) is 9.84. The topological polar surface area (TPSA) is 63.8 Å². The molecule has 1 aromatic rings. The minimum absolute atomic E-state index is 0.344. The van der Waals surface area contributed by atoms with Crippen LogP contribution in [0.2, 0.25) is 0 Å². The van der Waals surface area contributed by atoms with Crippen LogP contribution in [-0.2, 0) is 6.54 Å². The number of anilines is 1. The van der Waals surface area contributed by atoms with Crippen molar-refractivity contribution in [3.8, 4) is 0 Å². The highest BCUT2D eigenvalue weighted by Crippen LogP contribution is 2.12. The van der Waals surface area contributed by atoms with Gasteiger partial charge in [0, 0.05) is 12.5 Å². The third-order valence-electron chi connectivity index (χ3n) is 1.78. The largest absolute Gasteiger partial charge is 0.396 e. The Morgan fingerprint density at radius 1 is 1.54 bits per heavy atom. The molecule has 0 bridgehead atoms. The maximum atomic E-state index is 5.71. The van der Waals surface area contributed by atoms with E-state index in [4.69, 9.17) is 5.73 Å². The van der Waals surface area contributed by atoms with E-state index in [1.165, 1.54) is 0 Å². The number of rotatable bonds is 3. The van der Waals surface area contributed by atoms with Crippen LogP contribution in [-0.4, -0.2) is 17.0 Å². The van der Waals surface area contributed by atoms with Gasteiger partial charge in [0.05, 0.1) is 17.6 Å². The zero-order valence-electron chi connectivity index (χ0n) is 8.33. The second-order valence-electron chi connectivity index (χ2n) is 3.32. The number of aromatic nitrogens is 2. The maximum absolute atomic E-state index is 5.71. The van der Waals surface area contributed by atoms with Crippen molar-refractivity contribution >= 4 is 5.69 Å². The fourth-order valence-electron chi connectivity index (χ4n) is 1.03. The molecule has 13 heavy (non-hydrogen) atoms. The predicted molar refractivity (Wildman–Crippen MR) is 53.3 cm³/mol. The standard InChI is InChI=1S/C9H16N4/c1-6(2)9-12-4-7(10)8(13-9)5-11-3/h4,6,11H,5,10H2,1-3H3. The molecule has 0 aliphatic carbocycles. The third-order valence-corrected chi connectivity index (χ3v) is 1.78. The molecule has 0 aliphatic rings. The van der Waals surface area contributed by atoms with Gasteiger partial charge in [-0.05, 0) is 7.05 Å². The Kier molecular flexibility index (Phi) is 3.19. The van der Waals surface area contributed by atoms with Gasteiger partial charge < -0.3 is 11.1 Å². The molecule has 4 heteroatoms. The van der Waals surface area contributed by atoms with Crippen molar-refractivity contribution in [2.75, 3.05) is 12.8 Å². The molecular weight excluding hydrogens is 164 g/mol. The number of nitrogens with zero attached hydrogens (tertiary/aromatic N) is 2. The predicted octanol–water partition coefficient (Wildman–Crippen LogP) is 0.902. The van der Waals surface area contributed by atoms with Gasteiger partial charge in [0.2, 0.25) is 0 Å². The van der Waals surface area contributed by atoms with E-state index < -0.39 is 0 Å². The van der Waals surface area contributed by atoms with Crippen LogP contribution in [0.5, 0.6) is 0 Å². The monoisotopic (exact) mass is 180 g/mol. The molecule has 0 atom stereocenters. The summed E-state index contributed by atoms with van der Waals surface area (Å²) in [7, 11) is 1.87. The summed E-state index contributed by atoms with van der Waals surface area (Å²) in [6.45, 7) is 4.82. The third kappa shape index (κ3) is 2.39. The molecule has 0 unspecified atom stereocenters. The lowest BCUT2D eigenvalue weighted by Crippen LogP contribution is -2.12. The van der Waals surface area contributed by atoms with E-state index >= 15 is 0 Å². The van der Waals surface area contributed by atoms with Gasteiger partial charge in [0.25, 0.3) is 0 Å². The van der Waals surface area contributed by atoms with Gasteiger partial charge in [-0.15, -0.1) is 0 Å². The average molecular weight is 180 g/mol. The summed E-state index contributed by atoms with van der Waals surface area (Å²) < 4.78 is 0. The summed E-state index contributed by atoms with van der Waals surface area (Å²) in [4.78, 5) is 8.52. The summed E-state index contributed by atoms with van der Waals surface area (Å²) in [5, 5.41) is 3.02. The highest BCUT2D eigenvalue weighted by molar-refractivity contribution is 5.40. The van der Waals surface area contributed by atoms with E-state index in [2.05, 4.69) is 29.1 Å². The highest BCUT2D eigenvalue weighted by atomic mass is 14.9. The lowest BCUT2D eigenvalue weighted by atomic mass is 10.2. The van der Waals surface area contributed by atoms with Gasteiger partial charge in [0.1, 0.15) is 5.82 Å². The molecule has 3 N–H and O–H groups in total. The van der Waals surface area contributed by atoms with E-state index in [0.29, 0.717) is 18.2 Å². The van der Waals surface area contributed by atoms with E-state index in [0.717, 1.165) is 11.5 Å². The normalized spacial score (nSPS) is 10.8. The first-order valence-electron chi connectivity index (χ1n) is 4.41. The molecule has 0 saturated heterocycles. The van der Waals surface area contributed by atoms with Crippen molar-refractivity contribution < 1.29 is 0 Å². The SMILES string of the molecule is CNCc1nc(C(C)C)ncc1N. The number of hydrogen-bond acceptors (Lipinski definition) is 4. The van der Waals surface area contributed by atoms with Crippen molar-refractivity contribution in [3.63, 3.8) is 0 Å². The van der Waals surface area contributed by atoms with Gasteiger partial charge in [0.15, 0.2) is 0 Å². The van der Waals surface area contributed by atoms with Crippen molar-refractivity contribution in [1.82, 2.24) is 15.3 Å². The first-order chi connectivity index (χ1) is 6.15. The summed E-state index contributed by atoms with van der Waals surface area (Å²) >= 11 is 0. The molecule has 0 aromatic carbocycles. The van der Waals surface area contributed by atoms with Crippen LogP contribution in [0.3, 0.4) is 0 Å². The highest BCUT2D eigenvalue weighted by Gasteiger charge is 2.06. The quantitative estimate of drug-likeness (QED) is 0.725. The molecule has 4 nitrogen and oxygen atoms in total. The van der Waals surface area contributed by atoms with Gasteiger partial charge in [-0.2, -0.15) is 0 Å². The molecule has 0 spiro atoms. The molecule has 1 rings (SSSR count). The molecule has 0 saturated carbocycles. The molecule has 0 radical (unpaired) electrons. The summed E-state index contributed by atoms with van der Waals surface area (Å²) in [6.07, 6.45) is 1.68. The average Bonchev–Trinajstić information content (AvgIpc) is 2.08. The van der Waals surface area contributed by atoms with Crippen molar-refractivity contribution in [3.05, 3.63) is 17.7 Å². The Balaban J connectivity index is 2.97. The number of nitrogens with two attached hydrogens (primary N) is 1. The first kappa shape index (κ1) is 9.92. The Labute approximate surface area is 78.6 Å². The Morgan fingerprint density at radius 2 is 2.23 bits per heavy atom. The maximum Gasteiger partial charge on any atom is 0.131 e. The Hall–Kier alpha value is -1.16. The van der Waals surface area contributed by atoms with Gasteiger partial charge in [-0.3, -0.25) is 0 Å². The second kappa shape index (κ2) is 4.18. The van der Waals surface area contributed by atoms with Crippen LogP contribution in [0.4, 0.5) is 5.69 Å². The van der Waals surface area contributed by atoms with Crippen LogP contribution in [0, 0.1) is 0 Å². The van der Waals surface area contributed by atoms with E-state index in [9.17, 15) is 0 Å². The van der Waals surface area contributed by atoms with Crippen LogP contribution in [0.25, 0.3) is 0 Å². The zero-order valence-corrected chi connectivity index (χ0v) is 8.33. The van der Waals surface area contributed by atoms with Crippen LogP contribution < -0.4 is 11.1 Å². The van der Waals surface area contributed by atoms with Crippen molar-refractivity contribution in [1.29, 1.82) is 0 Å². The van der Waals surface area contributed by atoms with Crippen molar-refractivity contribution in [2.24, 2.45) is 0 Å². The summed E-state index contributed by atoms with van der Waals surface area (Å²) in [6, 6.07) is 0. The smallest absolute Gasteiger partial charge is 0.131 e. The molecule has 0 aliphatic heterocycles. The van der Waals surface area contributed by atoms with E-state index in [-0.39, 0.29) is 0 Å². The summed E-state index contributed by atoms with van der Waals surface area (Å²) in [5.41, 5.74) is 7.24. The van der Waals surface area contributed by atoms with Crippen LogP contribution in [0.15, 0.2) is 6.20 Å². The molecule has 0 amide bonds. The van der Waals surface area contributed by atoms with Crippen LogP contribution >= 0.6 is 0 Å². The first-order valence-corrected chi connectivity index (χ1v) is 4.41. The van der Waals surface area contributed by atoms with Gasteiger partial charge in [-0.25, -0.2) is 9.97 Å². The lowest BCUT2D eigenvalue weighted by Gasteiger charge is -2.08. The number of nitrogens with one attached hydrogen (secondary N) is 1. The van der Waals surface area contributed by atoms with E-state index in [1.807, 2.05) is 7.05 Å². The minimum Gasteiger partial charge on any atom is -0.396 e. The van der Waals surface area contributed by atoms with Gasteiger partial charge in [-0.1, -0.05) is 13.8 Å². The fourth-order valence-corrected chi connectivity index (χ4v) is 1.03. The number of nitrogen functional groups attached to an aromatic ring is 1. The number of hydrogen-bond donors (Lipinski definition) is 2. The minimum atomic E-state index is 0.344. The summed E-state index contributed by atoms with van der Waals surface area (Å²) in [5.74, 6) is 1.19. The Morgan fingerprint density at radius 3 is 2.77 bits per heavy atom. The fraction of sp³-hybridized carbons (Fsp3) is 0.556. The van der Waals surface area contributed by atoms with Gasteiger partial charge >= 0.3 is 0 Å². The lowest BCUT2D eigenvalue weighted by molar-refractivity contribution is 0.730. The molecular formula is C9H16N4. The van der Waals surface area contributed by atoms with E-state index in [1.54, 1.807) is 6.20 Å². The second-order valence-corrected chi connectivity index (χ2v) is 3.32. The molecule has 1 heterocycles. The van der Waals surface area contributed by atoms with Crippen molar-refractivity contribution in [2.45, 2.75) is 26.3 Å².